The molecule has 0 amide bonds. The van der Waals surface area contributed by atoms with Gasteiger partial charge in [0.2, 0.25) is 0 Å². The number of halogens is 1. The zero-order chi connectivity index (χ0) is 16.1. The molecule has 0 saturated carbocycles. The molecule has 2 rings (SSSR count). The fraction of sp³-hybridized carbons (Fsp3) is 0.647. The van der Waals surface area contributed by atoms with Crippen LogP contribution in [0, 0.1) is 11.7 Å². The Hall–Kier alpha value is -1.17. The van der Waals surface area contributed by atoms with Crippen LogP contribution in [0.25, 0.3) is 0 Å². The van der Waals surface area contributed by atoms with E-state index in [1.165, 1.54) is 12.1 Å². The molecular formula is C17H27FN2O2. The third kappa shape index (κ3) is 4.66. The third-order valence-electron chi connectivity index (χ3n) is 3.95. The van der Waals surface area contributed by atoms with Gasteiger partial charge in [0.1, 0.15) is 11.6 Å². The summed E-state index contributed by atoms with van der Waals surface area (Å²) in [4.78, 5) is 2.33. The van der Waals surface area contributed by atoms with Crippen molar-refractivity contribution in [2.45, 2.75) is 33.0 Å². The second-order valence-electron chi connectivity index (χ2n) is 6.32. The first-order chi connectivity index (χ1) is 10.5. The molecule has 0 aliphatic carbocycles. The molecule has 2 atom stereocenters. The second-order valence-corrected chi connectivity index (χ2v) is 6.32. The molecule has 1 aromatic rings. The van der Waals surface area contributed by atoms with E-state index in [1.807, 2.05) is 20.8 Å². The van der Waals surface area contributed by atoms with Crippen LogP contribution in [-0.4, -0.2) is 48.8 Å². The topological polar surface area (TPSA) is 44.7 Å². The number of ether oxygens (including phenoxy) is 1. The molecule has 124 valence electrons. The zero-order valence-electron chi connectivity index (χ0n) is 13.7. The fourth-order valence-electron chi connectivity index (χ4n) is 2.82. The number of hydrogen-bond donors (Lipinski definition) is 2. The average molecular weight is 310 g/mol. The fourth-order valence-corrected chi connectivity index (χ4v) is 2.82. The molecule has 0 aromatic heterocycles. The first-order valence-corrected chi connectivity index (χ1v) is 8.04. The highest BCUT2D eigenvalue weighted by Gasteiger charge is 2.24. The van der Waals surface area contributed by atoms with Crippen molar-refractivity contribution >= 4 is 0 Å². The van der Waals surface area contributed by atoms with Crippen LogP contribution in [0.5, 0.6) is 5.75 Å². The molecule has 4 nitrogen and oxygen atoms in total. The predicted molar refractivity (Wildman–Crippen MR) is 85.6 cm³/mol. The molecule has 0 radical (unpaired) electrons. The van der Waals surface area contributed by atoms with Gasteiger partial charge in [-0.05, 0) is 38.0 Å². The minimum Gasteiger partial charge on any atom is -0.491 e. The lowest BCUT2D eigenvalue weighted by Crippen LogP contribution is -2.45. The average Bonchev–Trinajstić information content (AvgIpc) is 2.49. The Morgan fingerprint density at radius 2 is 1.95 bits per heavy atom. The minimum atomic E-state index is -0.737. The summed E-state index contributed by atoms with van der Waals surface area (Å²) >= 11 is 0. The summed E-state index contributed by atoms with van der Waals surface area (Å²) in [7, 11) is 0. The Labute approximate surface area is 132 Å². The van der Waals surface area contributed by atoms with E-state index in [0.29, 0.717) is 11.3 Å². The molecule has 2 N–H and O–H groups in total. The maximum absolute atomic E-state index is 13.6. The van der Waals surface area contributed by atoms with Gasteiger partial charge in [0.25, 0.3) is 0 Å². The van der Waals surface area contributed by atoms with Crippen LogP contribution in [0.3, 0.4) is 0 Å². The van der Waals surface area contributed by atoms with Gasteiger partial charge in [0, 0.05) is 38.3 Å². The highest BCUT2D eigenvalue weighted by molar-refractivity contribution is 5.36. The van der Waals surface area contributed by atoms with Crippen molar-refractivity contribution in [2.24, 2.45) is 5.92 Å². The molecule has 5 heteroatoms. The van der Waals surface area contributed by atoms with Crippen molar-refractivity contribution in [3.63, 3.8) is 0 Å². The number of nitrogens with one attached hydrogen (secondary N) is 1. The number of benzene rings is 1. The minimum absolute atomic E-state index is 0.00872. The van der Waals surface area contributed by atoms with E-state index >= 15 is 0 Å². The van der Waals surface area contributed by atoms with Crippen LogP contribution in [0.15, 0.2) is 18.2 Å². The first-order valence-electron chi connectivity index (χ1n) is 8.04. The number of rotatable bonds is 6. The molecule has 1 aromatic carbocycles. The van der Waals surface area contributed by atoms with Gasteiger partial charge in [0.05, 0.1) is 12.2 Å². The van der Waals surface area contributed by atoms with Crippen LogP contribution < -0.4 is 10.1 Å². The van der Waals surface area contributed by atoms with E-state index < -0.39 is 6.10 Å². The monoisotopic (exact) mass is 310 g/mol. The summed E-state index contributed by atoms with van der Waals surface area (Å²) in [6, 6.07) is 4.36. The Morgan fingerprint density at radius 3 is 2.59 bits per heavy atom. The standard InChI is InChI=1S/C17H27FN2O2/c1-12(2)22-16-5-4-14(18)10-15(16)17(21)13(3)11-20-8-6-19-7-9-20/h4-5,10,12-13,17,19,21H,6-9,11H2,1-3H3. The molecule has 0 bridgehead atoms. The molecule has 22 heavy (non-hydrogen) atoms. The molecule has 1 aliphatic heterocycles. The summed E-state index contributed by atoms with van der Waals surface area (Å²) < 4.78 is 19.3. The smallest absolute Gasteiger partial charge is 0.125 e. The molecule has 1 saturated heterocycles. The Balaban J connectivity index is 2.09. The Morgan fingerprint density at radius 1 is 1.27 bits per heavy atom. The van der Waals surface area contributed by atoms with Gasteiger partial charge in [-0.15, -0.1) is 0 Å². The predicted octanol–water partition coefficient (Wildman–Crippen LogP) is 2.19. The summed E-state index contributed by atoms with van der Waals surface area (Å²) in [5.41, 5.74) is 0.538. The maximum Gasteiger partial charge on any atom is 0.125 e. The summed E-state index contributed by atoms with van der Waals surface area (Å²) in [5.74, 6) is 0.227. The molecule has 1 fully saturated rings. The van der Waals surface area contributed by atoms with E-state index in [2.05, 4.69) is 10.2 Å². The molecule has 1 aliphatic rings. The number of hydrogen-bond acceptors (Lipinski definition) is 4. The SMILES string of the molecule is CC(C)Oc1ccc(F)cc1C(O)C(C)CN1CCNCC1. The van der Waals surface area contributed by atoms with Crippen LogP contribution in [-0.2, 0) is 0 Å². The van der Waals surface area contributed by atoms with Crippen molar-refractivity contribution in [2.75, 3.05) is 32.7 Å². The van der Waals surface area contributed by atoms with Crippen molar-refractivity contribution in [3.8, 4) is 5.75 Å². The van der Waals surface area contributed by atoms with Crippen molar-refractivity contribution in [1.29, 1.82) is 0 Å². The molecule has 2 unspecified atom stereocenters. The molecular weight excluding hydrogens is 283 g/mol. The van der Waals surface area contributed by atoms with Crippen LogP contribution in [0.2, 0.25) is 0 Å². The summed E-state index contributed by atoms with van der Waals surface area (Å²) in [5, 5.41) is 14.0. The van der Waals surface area contributed by atoms with E-state index in [4.69, 9.17) is 4.74 Å². The summed E-state index contributed by atoms with van der Waals surface area (Å²) in [6.45, 7) is 10.5. The Kier molecular flexibility index (Phi) is 6.17. The normalized spacial score (nSPS) is 19.2. The van der Waals surface area contributed by atoms with Gasteiger partial charge >= 0.3 is 0 Å². The van der Waals surface area contributed by atoms with Gasteiger partial charge in [0.15, 0.2) is 0 Å². The third-order valence-corrected chi connectivity index (χ3v) is 3.95. The van der Waals surface area contributed by atoms with Crippen molar-refractivity contribution in [3.05, 3.63) is 29.6 Å². The van der Waals surface area contributed by atoms with Crippen LogP contribution in [0.1, 0.15) is 32.4 Å². The quantitative estimate of drug-likeness (QED) is 0.845. The number of piperazine rings is 1. The molecule has 0 spiro atoms. The number of aliphatic hydroxyl groups is 1. The van der Waals surface area contributed by atoms with Crippen LogP contribution in [0.4, 0.5) is 4.39 Å². The maximum atomic E-state index is 13.6. The highest BCUT2D eigenvalue weighted by Crippen LogP contribution is 2.32. The summed E-state index contributed by atoms with van der Waals surface area (Å²) in [6.07, 6.45) is -0.751. The van der Waals surface area contributed by atoms with E-state index in [0.717, 1.165) is 32.7 Å². The van der Waals surface area contributed by atoms with Crippen molar-refractivity contribution in [1.82, 2.24) is 10.2 Å². The second kappa shape index (κ2) is 7.90. The van der Waals surface area contributed by atoms with Gasteiger partial charge < -0.3 is 20.1 Å². The highest BCUT2D eigenvalue weighted by atomic mass is 19.1. The lowest BCUT2D eigenvalue weighted by atomic mass is 9.95. The van der Waals surface area contributed by atoms with Crippen molar-refractivity contribution < 1.29 is 14.2 Å². The van der Waals surface area contributed by atoms with Gasteiger partial charge in [-0.25, -0.2) is 4.39 Å². The lowest BCUT2D eigenvalue weighted by Gasteiger charge is -2.31. The number of nitrogens with zero attached hydrogens (tertiary/aromatic N) is 1. The molecule has 1 heterocycles. The number of aliphatic hydroxyl groups excluding tert-OH is 1. The first kappa shape index (κ1) is 17.2. The van der Waals surface area contributed by atoms with E-state index in [9.17, 15) is 9.50 Å². The van der Waals surface area contributed by atoms with Gasteiger partial charge in [-0.1, -0.05) is 6.92 Å². The van der Waals surface area contributed by atoms with E-state index in [-0.39, 0.29) is 17.8 Å². The van der Waals surface area contributed by atoms with E-state index in [1.54, 1.807) is 6.07 Å². The zero-order valence-corrected chi connectivity index (χ0v) is 13.7. The van der Waals surface area contributed by atoms with Gasteiger partial charge in [-0.3, -0.25) is 0 Å². The largest absolute Gasteiger partial charge is 0.491 e. The van der Waals surface area contributed by atoms with Gasteiger partial charge in [-0.2, -0.15) is 0 Å². The van der Waals surface area contributed by atoms with Crippen LogP contribution >= 0.6 is 0 Å². The Bertz CT molecular complexity index is 476. The lowest BCUT2D eigenvalue weighted by molar-refractivity contribution is 0.0801.